The summed E-state index contributed by atoms with van der Waals surface area (Å²) in [5, 5.41) is 4.88. The van der Waals surface area contributed by atoms with E-state index in [1.165, 1.54) is 12.1 Å². The average Bonchev–Trinajstić information content (AvgIpc) is 2.68. The van der Waals surface area contributed by atoms with Crippen LogP contribution < -0.4 is 20.1 Å². The smallest absolute Gasteiger partial charge is 0.484 e. The van der Waals surface area contributed by atoms with Crippen molar-refractivity contribution in [2.75, 3.05) is 13.2 Å². The number of carbonyl (C=O) groups excluding carboxylic acids is 2. The maximum Gasteiger partial charge on any atom is 0.574 e. The minimum absolute atomic E-state index is 0.0211. The topological polar surface area (TPSA) is 89.5 Å². The van der Waals surface area contributed by atoms with E-state index >= 15 is 0 Å². The molecule has 0 bridgehead atoms. The van der Waals surface area contributed by atoms with E-state index in [2.05, 4.69) is 26.9 Å². The molecule has 0 unspecified atom stereocenters. The zero-order valence-corrected chi connectivity index (χ0v) is 16.5. The number of hydrogen-bond acceptors (Lipinski definition) is 5. The quantitative estimate of drug-likeness (QED) is 0.557. The van der Waals surface area contributed by atoms with Crippen molar-refractivity contribution in [1.82, 2.24) is 15.6 Å². The molecule has 31 heavy (non-hydrogen) atoms. The number of halogens is 5. The van der Waals surface area contributed by atoms with Crippen molar-refractivity contribution in [2.45, 2.75) is 12.8 Å². The Bertz CT molecular complexity index is 952. The lowest BCUT2D eigenvalue weighted by atomic mass is 10.2. The first-order valence-corrected chi connectivity index (χ1v) is 8.97. The fourth-order valence-electron chi connectivity index (χ4n) is 2.13. The first kappa shape index (κ1) is 23.9. The molecule has 12 heteroatoms. The van der Waals surface area contributed by atoms with Gasteiger partial charge in [0.15, 0.2) is 6.61 Å². The third-order valence-corrected chi connectivity index (χ3v) is 3.81. The second-order valence-electron chi connectivity index (χ2n) is 5.96. The molecule has 0 atom stereocenters. The Kier molecular flexibility index (Phi) is 8.20. The summed E-state index contributed by atoms with van der Waals surface area (Å²) in [6, 6.07) is 5.76. The van der Waals surface area contributed by atoms with E-state index in [9.17, 15) is 27.2 Å². The Morgan fingerprint density at radius 2 is 1.94 bits per heavy atom. The summed E-state index contributed by atoms with van der Waals surface area (Å²) in [4.78, 5) is 27.2. The molecule has 0 radical (unpaired) electrons. The van der Waals surface area contributed by atoms with Gasteiger partial charge in [0.1, 0.15) is 11.6 Å². The van der Waals surface area contributed by atoms with Gasteiger partial charge in [0.05, 0.1) is 10.6 Å². The second-order valence-corrected chi connectivity index (χ2v) is 6.36. The maximum absolute atomic E-state index is 13.3. The summed E-state index contributed by atoms with van der Waals surface area (Å²) in [5.41, 5.74) is 0.302. The lowest BCUT2D eigenvalue weighted by Gasteiger charge is -2.11. The standard InChI is InChI=1S/C19H16ClF4N3O4/c1-11(27-16(28)10-30-13-3-4-14(20)15(21)8-13)6-7-25-18(29)12-2-5-17(26-9-12)31-19(22,23)24/h2-5,8-9H,1,6-7,10H2,(H,25,29)(H,27,28). The Morgan fingerprint density at radius 1 is 1.19 bits per heavy atom. The summed E-state index contributed by atoms with van der Waals surface area (Å²) in [5.74, 6) is -2.38. The summed E-state index contributed by atoms with van der Waals surface area (Å²) in [6.45, 7) is 3.33. The van der Waals surface area contributed by atoms with E-state index in [4.69, 9.17) is 16.3 Å². The normalized spacial score (nSPS) is 10.9. The van der Waals surface area contributed by atoms with E-state index in [1.54, 1.807) is 0 Å². The average molecular weight is 462 g/mol. The predicted molar refractivity (Wildman–Crippen MR) is 102 cm³/mol. The molecule has 0 spiro atoms. The van der Waals surface area contributed by atoms with Crippen LogP contribution in [-0.2, 0) is 4.79 Å². The minimum Gasteiger partial charge on any atom is -0.484 e. The molecule has 7 nitrogen and oxygen atoms in total. The number of aromatic nitrogens is 1. The van der Waals surface area contributed by atoms with E-state index in [-0.39, 0.29) is 35.0 Å². The van der Waals surface area contributed by atoms with Crippen molar-refractivity contribution < 1.29 is 36.6 Å². The number of nitrogens with one attached hydrogen (secondary N) is 2. The SMILES string of the molecule is C=C(CCNC(=O)c1ccc(OC(F)(F)F)nc1)NC(=O)COc1ccc(Cl)c(F)c1. The van der Waals surface area contributed by atoms with Crippen LogP contribution in [0.5, 0.6) is 11.6 Å². The highest BCUT2D eigenvalue weighted by atomic mass is 35.5. The van der Waals surface area contributed by atoms with E-state index in [0.717, 1.165) is 24.4 Å². The van der Waals surface area contributed by atoms with Crippen LogP contribution in [0.25, 0.3) is 0 Å². The first-order valence-electron chi connectivity index (χ1n) is 8.59. The summed E-state index contributed by atoms with van der Waals surface area (Å²) in [6.07, 6.45) is -3.77. The van der Waals surface area contributed by atoms with Gasteiger partial charge in [-0.1, -0.05) is 18.2 Å². The summed E-state index contributed by atoms with van der Waals surface area (Å²) < 4.78 is 58.3. The molecule has 1 heterocycles. The highest BCUT2D eigenvalue weighted by Gasteiger charge is 2.31. The number of benzene rings is 1. The molecule has 0 aliphatic heterocycles. The molecule has 1 aromatic heterocycles. The number of rotatable bonds is 9. The summed E-state index contributed by atoms with van der Waals surface area (Å²) in [7, 11) is 0. The predicted octanol–water partition coefficient (Wildman–Crippen LogP) is 3.60. The zero-order valence-electron chi connectivity index (χ0n) is 15.8. The van der Waals surface area contributed by atoms with Gasteiger partial charge in [-0.25, -0.2) is 9.37 Å². The number of pyridine rings is 1. The first-order chi connectivity index (χ1) is 14.5. The van der Waals surface area contributed by atoms with Crippen LogP contribution in [0.15, 0.2) is 48.8 Å². The largest absolute Gasteiger partial charge is 0.574 e. The molecule has 0 aliphatic carbocycles. The van der Waals surface area contributed by atoms with Gasteiger partial charge in [-0.3, -0.25) is 9.59 Å². The number of hydrogen-bond donors (Lipinski definition) is 2. The molecule has 2 amide bonds. The highest BCUT2D eigenvalue weighted by molar-refractivity contribution is 6.30. The molecule has 2 rings (SSSR count). The molecule has 0 saturated carbocycles. The van der Waals surface area contributed by atoms with Crippen LogP contribution in [0, 0.1) is 5.82 Å². The van der Waals surface area contributed by atoms with E-state index in [0.29, 0.717) is 0 Å². The second kappa shape index (κ2) is 10.6. The van der Waals surface area contributed by atoms with Gasteiger partial charge in [-0.05, 0) is 18.2 Å². The maximum atomic E-state index is 13.3. The van der Waals surface area contributed by atoms with Crippen molar-refractivity contribution in [1.29, 1.82) is 0 Å². The fourth-order valence-corrected chi connectivity index (χ4v) is 2.25. The number of alkyl halides is 3. The van der Waals surface area contributed by atoms with E-state index in [1.807, 2.05) is 0 Å². The van der Waals surface area contributed by atoms with Gasteiger partial charge in [0, 0.05) is 37.0 Å². The van der Waals surface area contributed by atoms with Crippen LogP contribution in [0.1, 0.15) is 16.8 Å². The lowest BCUT2D eigenvalue weighted by Crippen LogP contribution is -2.31. The number of amides is 2. The van der Waals surface area contributed by atoms with Gasteiger partial charge >= 0.3 is 6.36 Å². The molecular formula is C19H16ClF4N3O4. The molecule has 2 N–H and O–H groups in total. The van der Waals surface area contributed by atoms with Crippen LogP contribution in [-0.4, -0.2) is 36.3 Å². The van der Waals surface area contributed by atoms with Crippen LogP contribution in [0.3, 0.4) is 0 Å². The van der Waals surface area contributed by atoms with Gasteiger partial charge in [0.2, 0.25) is 5.88 Å². The van der Waals surface area contributed by atoms with Gasteiger partial charge in [-0.2, -0.15) is 0 Å². The Balaban J connectivity index is 1.70. The van der Waals surface area contributed by atoms with Crippen LogP contribution in [0.2, 0.25) is 5.02 Å². The third-order valence-electron chi connectivity index (χ3n) is 3.51. The van der Waals surface area contributed by atoms with Crippen LogP contribution >= 0.6 is 11.6 Å². The molecule has 0 aliphatic rings. The van der Waals surface area contributed by atoms with Gasteiger partial charge in [-0.15, -0.1) is 13.2 Å². The molecule has 166 valence electrons. The van der Waals surface area contributed by atoms with E-state index < -0.39 is 36.5 Å². The number of nitrogens with zero attached hydrogens (tertiary/aromatic N) is 1. The van der Waals surface area contributed by atoms with Crippen LogP contribution in [0.4, 0.5) is 17.6 Å². The minimum atomic E-state index is -4.88. The Hall–Kier alpha value is -3.34. The molecule has 0 fully saturated rings. The lowest BCUT2D eigenvalue weighted by molar-refractivity contribution is -0.276. The monoisotopic (exact) mass is 461 g/mol. The summed E-state index contributed by atoms with van der Waals surface area (Å²) >= 11 is 5.55. The fraction of sp³-hybridized carbons (Fsp3) is 0.211. The van der Waals surface area contributed by atoms with Gasteiger partial charge < -0.3 is 20.1 Å². The van der Waals surface area contributed by atoms with Crippen molar-refractivity contribution in [2.24, 2.45) is 0 Å². The number of ether oxygens (including phenoxy) is 2. The van der Waals surface area contributed by atoms with Crippen molar-refractivity contribution in [3.63, 3.8) is 0 Å². The number of carbonyl (C=O) groups is 2. The Labute approximate surface area is 179 Å². The molecule has 0 saturated heterocycles. The highest BCUT2D eigenvalue weighted by Crippen LogP contribution is 2.21. The Morgan fingerprint density at radius 3 is 2.55 bits per heavy atom. The van der Waals surface area contributed by atoms with Crippen molar-refractivity contribution in [3.05, 3.63) is 65.2 Å². The molecule has 2 aromatic rings. The van der Waals surface area contributed by atoms with Crippen molar-refractivity contribution in [3.8, 4) is 11.6 Å². The molecule has 1 aromatic carbocycles. The van der Waals surface area contributed by atoms with Crippen molar-refractivity contribution >= 4 is 23.4 Å². The third kappa shape index (κ3) is 8.51. The molecular weight excluding hydrogens is 446 g/mol. The zero-order chi connectivity index (χ0) is 23.0. The van der Waals surface area contributed by atoms with Gasteiger partial charge in [0.25, 0.3) is 11.8 Å².